The second-order valence-electron chi connectivity index (χ2n) is 5.49. The number of aryl methyl sites for hydroxylation is 1. The third kappa shape index (κ3) is 4.20. The lowest BCUT2D eigenvalue weighted by atomic mass is 10.0. The Balaban J connectivity index is 1.99. The molecule has 4 nitrogen and oxygen atoms in total. The van der Waals surface area contributed by atoms with Gasteiger partial charge in [0.05, 0.1) is 0 Å². The van der Waals surface area contributed by atoms with Crippen molar-refractivity contribution in [3.8, 4) is 0 Å². The highest BCUT2D eigenvalue weighted by molar-refractivity contribution is 5.83. The minimum Gasteiger partial charge on any atom is -0.353 e. The summed E-state index contributed by atoms with van der Waals surface area (Å²) in [6, 6.07) is 11.8. The highest BCUT2D eigenvalue weighted by Crippen LogP contribution is 2.19. The second kappa shape index (κ2) is 7.09. The first-order valence-corrected chi connectivity index (χ1v) is 7.19. The molecule has 0 radical (unpaired) electrons. The van der Waals surface area contributed by atoms with Gasteiger partial charge < -0.3 is 9.88 Å². The summed E-state index contributed by atoms with van der Waals surface area (Å²) in [4.78, 5) is 14.4. The summed E-state index contributed by atoms with van der Waals surface area (Å²) in [5, 5.41) is 3.02. The van der Waals surface area contributed by atoms with E-state index in [0.29, 0.717) is 6.54 Å². The maximum atomic E-state index is 12.5. The lowest BCUT2D eigenvalue weighted by molar-refractivity contribution is -0.125. The summed E-state index contributed by atoms with van der Waals surface area (Å²) >= 11 is 0. The molecule has 0 aliphatic carbocycles. The van der Waals surface area contributed by atoms with Crippen LogP contribution in [0.2, 0.25) is 0 Å². The standard InChI is InChI=1S/C17H23N3O/c1-14-7-6-8-15(13-14)16(19(2)3)17(21)18-9-12-20-10-4-5-11-20/h4-8,10-11,13,16H,9,12H2,1-3H3,(H,18,21)/t16-/m0/s1. The van der Waals surface area contributed by atoms with E-state index >= 15 is 0 Å². The average molecular weight is 285 g/mol. The van der Waals surface area contributed by atoms with E-state index < -0.39 is 0 Å². The van der Waals surface area contributed by atoms with Crippen LogP contribution in [0, 0.1) is 6.92 Å². The predicted octanol–water partition coefficient (Wildman–Crippen LogP) is 2.22. The number of benzene rings is 1. The summed E-state index contributed by atoms with van der Waals surface area (Å²) in [5.41, 5.74) is 2.19. The molecule has 1 amide bonds. The first kappa shape index (κ1) is 15.3. The molecule has 0 fully saturated rings. The van der Waals surface area contributed by atoms with Crippen LogP contribution in [0.3, 0.4) is 0 Å². The van der Waals surface area contributed by atoms with Crippen LogP contribution in [0.4, 0.5) is 0 Å². The molecule has 1 atom stereocenters. The van der Waals surface area contributed by atoms with E-state index in [2.05, 4.69) is 16.0 Å². The zero-order chi connectivity index (χ0) is 15.2. The molecule has 0 saturated carbocycles. The van der Waals surface area contributed by atoms with Gasteiger partial charge in [-0.25, -0.2) is 0 Å². The zero-order valence-electron chi connectivity index (χ0n) is 12.9. The Morgan fingerprint density at radius 3 is 2.57 bits per heavy atom. The van der Waals surface area contributed by atoms with Gasteiger partial charge in [-0.2, -0.15) is 0 Å². The van der Waals surface area contributed by atoms with Crippen molar-refractivity contribution in [2.45, 2.75) is 19.5 Å². The van der Waals surface area contributed by atoms with Crippen LogP contribution >= 0.6 is 0 Å². The van der Waals surface area contributed by atoms with Crippen molar-refractivity contribution in [3.05, 3.63) is 59.9 Å². The molecule has 1 aromatic heterocycles. The van der Waals surface area contributed by atoms with Crippen LogP contribution in [-0.4, -0.2) is 36.0 Å². The molecule has 0 unspecified atom stereocenters. The van der Waals surface area contributed by atoms with Crippen molar-refractivity contribution in [3.63, 3.8) is 0 Å². The molecule has 4 heteroatoms. The molecule has 2 aromatic rings. The Hall–Kier alpha value is -2.07. The van der Waals surface area contributed by atoms with Crippen LogP contribution in [0.15, 0.2) is 48.8 Å². The third-order valence-corrected chi connectivity index (χ3v) is 3.46. The van der Waals surface area contributed by atoms with Crippen LogP contribution in [-0.2, 0) is 11.3 Å². The number of amides is 1. The highest BCUT2D eigenvalue weighted by atomic mass is 16.2. The van der Waals surface area contributed by atoms with E-state index in [1.165, 1.54) is 5.56 Å². The SMILES string of the molecule is Cc1cccc([C@@H](C(=O)NCCn2cccc2)N(C)C)c1. The number of nitrogens with one attached hydrogen (secondary N) is 1. The van der Waals surface area contributed by atoms with Crippen molar-refractivity contribution in [2.75, 3.05) is 20.6 Å². The maximum absolute atomic E-state index is 12.5. The van der Waals surface area contributed by atoms with E-state index in [9.17, 15) is 4.79 Å². The van der Waals surface area contributed by atoms with Crippen LogP contribution in [0.5, 0.6) is 0 Å². The molecule has 1 N–H and O–H groups in total. The molecule has 0 aliphatic rings. The largest absolute Gasteiger partial charge is 0.353 e. The van der Waals surface area contributed by atoms with Crippen molar-refractivity contribution in [1.29, 1.82) is 0 Å². The lowest BCUT2D eigenvalue weighted by Crippen LogP contribution is -2.38. The van der Waals surface area contributed by atoms with Crippen molar-refractivity contribution in [1.82, 2.24) is 14.8 Å². The summed E-state index contributed by atoms with van der Waals surface area (Å²) in [7, 11) is 3.86. The molecular formula is C17H23N3O. The second-order valence-corrected chi connectivity index (χ2v) is 5.49. The molecule has 21 heavy (non-hydrogen) atoms. The van der Waals surface area contributed by atoms with E-state index in [-0.39, 0.29) is 11.9 Å². The number of nitrogens with zero attached hydrogens (tertiary/aromatic N) is 2. The van der Waals surface area contributed by atoms with Gasteiger partial charge in [0, 0.05) is 25.5 Å². The van der Waals surface area contributed by atoms with Crippen molar-refractivity contribution < 1.29 is 4.79 Å². The Morgan fingerprint density at radius 1 is 1.24 bits per heavy atom. The molecule has 2 rings (SSSR count). The Bertz CT molecular complexity index is 575. The van der Waals surface area contributed by atoms with Gasteiger partial charge in [-0.05, 0) is 38.7 Å². The molecule has 112 valence electrons. The third-order valence-electron chi connectivity index (χ3n) is 3.46. The van der Waals surface area contributed by atoms with E-state index in [1.807, 2.05) is 68.6 Å². The summed E-state index contributed by atoms with van der Waals surface area (Å²) in [6.45, 7) is 3.45. The van der Waals surface area contributed by atoms with E-state index in [4.69, 9.17) is 0 Å². The zero-order valence-corrected chi connectivity index (χ0v) is 12.9. The predicted molar refractivity (Wildman–Crippen MR) is 85.0 cm³/mol. The number of rotatable bonds is 6. The van der Waals surface area contributed by atoms with Gasteiger partial charge >= 0.3 is 0 Å². The fourth-order valence-corrected chi connectivity index (χ4v) is 2.45. The van der Waals surface area contributed by atoms with Crippen LogP contribution in [0.25, 0.3) is 0 Å². The number of aromatic nitrogens is 1. The maximum Gasteiger partial charge on any atom is 0.242 e. The van der Waals surface area contributed by atoms with Gasteiger partial charge in [0.2, 0.25) is 5.91 Å². The number of carbonyl (C=O) groups excluding carboxylic acids is 1. The highest BCUT2D eigenvalue weighted by Gasteiger charge is 2.22. The van der Waals surface area contributed by atoms with E-state index in [0.717, 1.165) is 12.1 Å². The Kier molecular flexibility index (Phi) is 5.17. The topological polar surface area (TPSA) is 37.3 Å². The van der Waals surface area contributed by atoms with Gasteiger partial charge in [0.1, 0.15) is 6.04 Å². The first-order valence-electron chi connectivity index (χ1n) is 7.19. The molecule has 0 bridgehead atoms. The van der Waals surface area contributed by atoms with E-state index in [1.54, 1.807) is 0 Å². The van der Waals surface area contributed by atoms with Crippen LogP contribution < -0.4 is 5.32 Å². The Labute approximate surface area is 126 Å². The smallest absolute Gasteiger partial charge is 0.242 e. The number of hydrogen-bond acceptors (Lipinski definition) is 2. The summed E-state index contributed by atoms with van der Waals surface area (Å²) in [5.74, 6) is 0.0396. The fraction of sp³-hybridized carbons (Fsp3) is 0.353. The van der Waals surface area contributed by atoms with Gasteiger partial charge in [0.15, 0.2) is 0 Å². The average Bonchev–Trinajstić information content (AvgIpc) is 2.91. The number of likely N-dealkylation sites (N-methyl/N-ethyl adjacent to an activating group) is 1. The number of hydrogen-bond donors (Lipinski definition) is 1. The quantitative estimate of drug-likeness (QED) is 0.883. The molecule has 0 saturated heterocycles. The van der Waals surface area contributed by atoms with Gasteiger partial charge in [-0.1, -0.05) is 29.8 Å². The fourth-order valence-electron chi connectivity index (χ4n) is 2.45. The normalized spacial score (nSPS) is 12.4. The van der Waals surface area contributed by atoms with Gasteiger partial charge in [-0.3, -0.25) is 9.69 Å². The van der Waals surface area contributed by atoms with Crippen molar-refractivity contribution in [2.24, 2.45) is 0 Å². The Morgan fingerprint density at radius 2 is 1.95 bits per heavy atom. The lowest BCUT2D eigenvalue weighted by Gasteiger charge is -2.24. The summed E-state index contributed by atoms with van der Waals surface area (Å²) < 4.78 is 2.05. The summed E-state index contributed by atoms with van der Waals surface area (Å²) in [6.07, 6.45) is 3.99. The molecule has 1 aromatic carbocycles. The molecule has 0 spiro atoms. The monoisotopic (exact) mass is 285 g/mol. The van der Waals surface area contributed by atoms with Gasteiger partial charge in [-0.15, -0.1) is 0 Å². The molecule has 1 heterocycles. The van der Waals surface area contributed by atoms with Crippen LogP contribution in [0.1, 0.15) is 17.2 Å². The van der Waals surface area contributed by atoms with Crippen molar-refractivity contribution >= 4 is 5.91 Å². The number of carbonyl (C=O) groups is 1. The minimum atomic E-state index is -0.255. The minimum absolute atomic E-state index is 0.0396. The molecular weight excluding hydrogens is 262 g/mol. The first-order chi connectivity index (χ1) is 10.1. The molecule has 0 aliphatic heterocycles. The van der Waals surface area contributed by atoms with Gasteiger partial charge in [0.25, 0.3) is 0 Å².